The zero-order chi connectivity index (χ0) is 19.6. The molecule has 0 bridgehead atoms. The Morgan fingerprint density at radius 1 is 1.40 bits per heavy atom. The van der Waals surface area contributed by atoms with Crippen LogP contribution in [0.2, 0.25) is 18.1 Å². The summed E-state index contributed by atoms with van der Waals surface area (Å²) < 4.78 is 17.3. The molecule has 144 valence electrons. The lowest BCUT2D eigenvalue weighted by molar-refractivity contribution is -0.140. The first kappa shape index (κ1) is 21.9. The molecule has 0 fully saturated rings. The van der Waals surface area contributed by atoms with Crippen molar-refractivity contribution in [3.8, 4) is 0 Å². The average Bonchev–Trinajstić information content (AvgIpc) is 2.65. The van der Waals surface area contributed by atoms with Crippen LogP contribution in [-0.2, 0) is 18.7 Å². The van der Waals surface area contributed by atoms with Gasteiger partial charge in [-0.1, -0.05) is 33.8 Å². The van der Waals surface area contributed by atoms with Crippen molar-refractivity contribution in [1.29, 1.82) is 0 Å². The van der Waals surface area contributed by atoms with Crippen LogP contribution in [0.15, 0.2) is 24.0 Å². The van der Waals surface area contributed by atoms with Gasteiger partial charge in [-0.15, -0.1) is 6.58 Å². The van der Waals surface area contributed by atoms with Gasteiger partial charge in [0.25, 0.3) is 0 Å². The summed E-state index contributed by atoms with van der Waals surface area (Å²) in [4.78, 5) is 12.5. The van der Waals surface area contributed by atoms with E-state index < -0.39 is 31.9 Å². The second-order valence-electron chi connectivity index (χ2n) is 8.35. The fourth-order valence-electron chi connectivity index (χ4n) is 3.03. The molecule has 1 aliphatic carbocycles. The van der Waals surface area contributed by atoms with E-state index >= 15 is 0 Å². The second-order valence-corrected chi connectivity index (χ2v) is 13.1. The average molecular weight is 371 g/mol. The minimum Gasteiger partial charge on any atom is -0.509 e. The van der Waals surface area contributed by atoms with E-state index in [1.54, 1.807) is 13.0 Å². The maximum absolute atomic E-state index is 12.5. The van der Waals surface area contributed by atoms with Gasteiger partial charge in [-0.05, 0) is 31.5 Å². The van der Waals surface area contributed by atoms with Crippen LogP contribution < -0.4 is 0 Å². The summed E-state index contributed by atoms with van der Waals surface area (Å²) >= 11 is 0. The molecule has 0 aromatic carbocycles. The molecule has 0 saturated carbocycles. The largest absolute Gasteiger partial charge is 0.509 e. The fourth-order valence-corrected chi connectivity index (χ4v) is 4.41. The summed E-state index contributed by atoms with van der Waals surface area (Å²) in [7, 11) is -0.643. The van der Waals surface area contributed by atoms with E-state index in [-0.39, 0.29) is 23.0 Å². The highest BCUT2D eigenvalue weighted by Crippen LogP contribution is 2.51. The van der Waals surface area contributed by atoms with Gasteiger partial charge in [0.1, 0.15) is 11.9 Å². The predicted molar refractivity (Wildman–Crippen MR) is 102 cm³/mol. The molecule has 1 rings (SSSR count). The zero-order valence-corrected chi connectivity index (χ0v) is 17.9. The number of rotatable bonds is 7. The van der Waals surface area contributed by atoms with Crippen molar-refractivity contribution in [2.75, 3.05) is 13.7 Å². The molecule has 0 unspecified atom stereocenters. The van der Waals surface area contributed by atoms with E-state index in [2.05, 4.69) is 40.4 Å². The van der Waals surface area contributed by atoms with E-state index in [1.165, 1.54) is 7.11 Å². The third-order valence-corrected chi connectivity index (χ3v) is 9.98. The standard InChI is InChI=1S/C19H34O5Si/c1-10-12-19(6)13(17(21)23-11-2)14(20)15(22-7)16(19)24-25(8,9)18(3,4)5/h10,15-16,20H,1,11-12H2,2-9H3/t15-,16+,19+/m0/s1. The van der Waals surface area contributed by atoms with Crippen molar-refractivity contribution < 1.29 is 23.8 Å². The van der Waals surface area contributed by atoms with E-state index in [1.807, 2.05) is 6.92 Å². The van der Waals surface area contributed by atoms with Crippen LogP contribution in [-0.4, -0.2) is 45.3 Å². The molecule has 1 aliphatic rings. The summed E-state index contributed by atoms with van der Waals surface area (Å²) in [6.45, 7) is 18.5. The highest BCUT2D eigenvalue weighted by molar-refractivity contribution is 6.74. The molecule has 0 saturated heterocycles. The maximum atomic E-state index is 12.5. The van der Waals surface area contributed by atoms with Crippen LogP contribution in [0.4, 0.5) is 0 Å². The molecule has 0 aromatic rings. The number of allylic oxidation sites excluding steroid dienone is 1. The number of methoxy groups -OCH3 is 1. The Kier molecular flexibility index (Phi) is 6.70. The van der Waals surface area contributed by atoms with Crippen molar-refractivity contribution in [3.63, 3.8) is 0 Å². The number of aliphatic hydroxyl groups excluding tert-OH is 1. The molecule has 0 aromatic heterocycles. The predicted octanol–water partition coefficient (Wildman–Crippen LogP) is 4.36. The van der Waals surface area contributed by atoms with E-state index in [0.29, 0.717) is 6.42 Å². The molecular weight excluding hydrogens is 336 g/mol. The Hall–Kier alpha value is -1.11. The van der Waals surface area contributed by atoms with Crippen LogP contribution >= 0.6 is 0 Å². The van der Waals surface area contributed by atoms with Crippen LogP contribution in [0.3, 0.4) is 0 Å². The van der Waals surface area contributed by atoms with E-state index in [4.69, 9.17) is 13.9 Å². The summed E-state index contributed by atoms with van der Waals surface area (Å²) in [5, 5.41) is 10.7. The van der Waals surface area contributed by atoms with Gasteiger partial charge in [-0.2, -0.15) is 0 Å². The number of carbonyl (C=O) groups is 1. The van der Waals surface area contributed by atoms with Crippen LogP contribution in [0.1, 0.15) is 41.0 Å². The number of ether oxygens (including phenoxy) is 2. The lowest BCUT2D eigenvalue weighted by atomic mass is 9.78. The zero-order valence-electron chi connectivity index (χ0n) is 16.9. The van der Waals surface area contributed by atoms with Gasteiger partial charge < -0.3 is 19.0 Å². The topological polar surface area (TPSA) is 65.0 Å². The molecular formula is C19H34O5Si. The number of aliphatic hydroxyl groups is 1. The minimum absolute atomic E-state index is 0.0112. The summed E-state index contributed by atoms with van der Waals surface area (Å²) in [5.41, 5.74) is -0.515. The summed E-state index contributed by atoms with van der Waals surface area (Å²) in [6.07, 6.45) is 1.05. The van der Waals surface area contributed by atoms with Gasteiger partial charge in [0.2, 0.25) is 0 Å². The maximum Gasteiger partial charge on any atom is 0.338 e. The molecule has 0 spiro atoms. The van der Waals surface area contributed by atoms with Gasteiger partial charge in [0.15, 0.2) is 8.32 Å². The first-order valence-corrected chi connectivity index (χ1v) is 11.7. The molecule has 0 radical (unpaired) electrons. The molecule has 5 nitrogen and oxygen atoms in total. The SMILES string of the molecule is C=CC[C@]1(C)C(C(=O)OCC)=C(O)[C@H](OC)[C@H]1O[Si](C)(C)C(C)(C)C. The molecule has 25 heavy (non-hydrogen) atoms. The van der Waals surface area contributed by atoms with Crippen molar-refractivity contribution >= 4 is 14.3 Å². The van der Waals surface area contributed by atoms with Crippen LogP contribution in [0.5, 0.6) is 0 Å². The van der Waals surface area contributed by atoms with E-state index in [9.17, 15) is 9.90 Å². The second kappa shape index (κ2) is 7.64. The molecule has 0 aliphatic heterocycles. The monoisotopic (exact) mass is 370 g/mol. The number of carbonyl (C=O) groups excluding carboxylic acids is 1. The highest BCUT2D eigenvalue weighted by Gasteiger charge is 2.57. The smallest absolute Gasteiger partial charge is 0.338 e. The Morgan fingerprint density at radius 3 is 2.36 bits per heavy atom. The summed E-state index contributed by atoms with van der Waals surface area (Å²) in [6, 6.07) is 0. The lowest BCUT2D eigenvalue weighted by Crippen LogP contribution is -2.51. The third-order valence-electron chi connectivity index (χ3n) is 5.53. The van der Waals surface area contributed by atoms with Gasteiger partial charge >= 0.3 is 5.97 Å². The molecule has 1 N–H and O–H groups in total. The summed E-state index contributed by atoms with van der Waals surface area (Å²) in [5.74, 6) is -0.609. The normalized spacial score (nSPS) is 27.5. The van der Waals surface area contributed by atoms with Crippen molar-refractivity contribution in [2.24, 2.45) is 5.41 Å². The van der Waals surface area contributed by atoms with E-state index in [0.717, 1.165) is 0 Å². The van der Waals surface area contributed by atoms with Crippen LogP contribution in [0, 0.1) is 5.41 Å². The molecule has 0 heterocycles. The first-order chi connectivity index (χ1) is 11.4. The quantitative estimate of drug-likeness (QED) is 0.410. The Balaban J connectivity index is 3.42. The number of esters is 1. The lowest BCUT2D eigenvalue weighted by Gasteiger charge is -2.44. The van der Waals surface area contributed by atoms with Gasteiger partial charge in [0.05, 0.1) is 18.3 Å². The van der Waals surface area contributed by atoms with Crippen molar-refractivity contribution in [3.05, 3.63) is 24.0 Å². The minimum atomic E-state index is -2.16. The number of hydrogen-bond donors (Lipinski definition) is 1. The fraction of sp³-hybridized carbons (Fsp3) is 0.737. The first-order valence-electron chi connectivity index (χ1n) is 8.79. The van der Waals surface area contributed by atoms with Crippen molar-refractivity contribution in [1.82, 2.24) is 0 Å². The molecule has 0 amide bonds. The Bertz CT molecular complexity index is 547. The van der Waals surface area contributed by atoms with Gasteiger partial charge in [0, 0.05) is 12.5 Å². The van der Waals surface area contributed by atoms with Gasteiger partial charge in [-0.25, -0.2) is 4.79 Å². The highest BCUT2D eigenvalue weighted by atomic mass is 28.4. The molecule has 3 atom stereocenters. The third kappa shape index (κ3) is 4.01. The number of hydrogen-bond acceptors (Lipinski definition) is 5. The van der Waals surface area contributed by atoms with Crippen molar-refractivity contribution in [2.45, 2.75) is 71.4 Å². The Morgan fingerprint density at radius 2 is 1.96 bits per heavy atom. The van der Waals surface area contributed by atoms with Gasteiger partial charge in [-0.3, -0.25) is 0 Å². The molecule has 6 heteroatoms. The van der Waals surface area contributed by atoms with Crippen LogP contribution in [0.25, 0.3) is 0 Å². The Labute approximate surface area is 153 Å².